The van der Waals surface area contributed by atoms with Crippen LogP contribution >= 0.6 is 0 Å². The second-order valence-corrected chi connectivity index (χ2v) is 4.99. The molecule has 1 aliphatic heterocycles. The van der Waals surface area contributed by atoms with Gasteiger partial charge in [-0.3, -0.25) is 14.9 Å². The Morgan fingerprint density at radius 1 is 1.48 bits per heavy atom. The number of carbonyl (C=O) groups is 1. The number of nitrogens with zero attached hydrogens (tertiary/aromatic N) is 3. The minimum Gasteiger partial charge on any atom is -0.494 e. The first-order valence-corrected chi connectivity index (χ1v) is 7.05. The van der Waals surface area contributed by atoms with Crippen molar-refractivity contribution in [1.29, 1.82) is 5.26 Å². The van der Waals surface area contributed by atoms with Crippen LogP contribution < -0.4 is 10.1 Å². The first kappa shape index (κ1) is 16.3. The molecule has 0 aromatic heterocycles. The van der Waals surface area contributed by atoms with Crippen molar-refractivity contribution in [2.24, 2.45) is 0 Å². The van der Waals surface area contributed by atoms with Crippen LogP contribution in [-0.2, 0) is 4.79 Å². The zero-order valence-electron chi connectivity index (χ0n) is 12.6. The van der Waals surface area contributed by atoms with Crippen LogP contribution in [-0.4, -0.2) is 35.9 Å². The van der Waals surface area contributed by atoms with E-state index in [2.05, 4.69) is 5.32 Å². The van der Waals surface area contributed by atoms with Crippen LogP contribution in [0.15, 0.2) is 30.0 Å². The number of nitro benzene ring substituents is 1. The smallest absolute Gasteiger partial charge is 0.273 e. The van der Waals surface area contributed by atoms with Gasteiger partial charge in [-0.2, -0.15) is 5.26 Å². The van der Waals surface area contributed by atoms with Crippen molar-refractivity contribution in [2.45, 2.75) is 12.8 Å². The lowest BCUT2D eigenvalue weighted by molar-refractivity contribution is -0.384. The van der Waals surface area contributed by atoms with Crippen LogP contribution in [0, 0.1) is 21.4 Å². The topological polar surface area (TPSA) is 108 Å². The zero-order chi connectivity index (χ0) is 16.8. The maximum Gasteiger partial charge on any atom is 0.273 e. The number of non-ortho nitro benzene ring substituents is 1. The highest BCUT2D eigenvalue weighted by atomic mass is 16.6. The van der Waals surface area contributed by atoms with Gasteiger partial charge < -0.3 is 15.0 Å². The molecule has 0 spiro atoms. The molecule has 1 aromatic rings. The van der Waals surface area contributed by atoms with Crippen molar-refractivity contribution in [1.82, 2.24) is 4.90 Å². The Labute approximate surface area is 133 Å². The highest BCUT2D eigenvalue weighted by molar-refractivity contribution is 6.07. The van der Waals surface area contributed by atoms with Gasteiger partial charge in [0.15, 0.2) is 0 Å². The molecule has 1 aliphatic rings. The fraction of sp³-hybridized carbons (Fsp3) is 0.333. The number of carbonyl (C=O) groups excluding carboxylic acids is 1. The Hall–Kier alpha value is -3.08. The first-order chi connectivity index (χ1) is 11.0. The van der Waals surface area contributed by atoms with E-state index in [1.807, 2.05) is 11.0 Å². The Kier molecular flexibility index (Phi) is 5.15. The van der Waals surface area contributed by atoms with Gasteiger partial charge >= 0.3 is 0 Å². The number of anilines is 1. The van der Waals surface area contributed by atoms with Crippen molar-refractivity contribution in [3.05, 3.63) is 40.1 Å². The molecular formula is C15H16N4O4. The van der Waals surface area contributed by atoms with Gasteiger partial charge in [-0.25, -0.2) is 0 Å². The minimum absolute atomic E-state index is 0.0210. The van der Waals surface area contributed by atoms with Crippen molar-refractivity contribution in [3.63, 3.8) is 0 Å². The molecule has 0 bridgehead atoms. The predicted octanol–water partition coefficient (Wildman–Crippen LogP) is 2.05. The van der Waals surface area contributed by atoms with Crippen molar-refractivity contribution in [3.8, 4) is 11.8 Å². The Balaban J connectivity index is 2.18. The van der Waals surface area contributed by atoms with E-state index in [4.69, 9.17) is 10.00 Å². The third-order valence-electron chi connectivity index (χ3n) is 3.46. The van der Waals surface area contributed by atoms with Gasteiger partial charge in [-0.1, -0.05) is 0 Å². The number of rotatable bonds is 5. The number of methoxy groups -OCH3 is 1. The summed E-state index contributed by atoms with van der Waals surface area (Å²) in [6.07, 6.45) is 3.61. The lowest BCUT2D eigenvalue weighted by Crippen LogP contribution is -2.19. The van der Waals surface area contributed by atoms with Crippen LogP contribution in [0.4, 0.5) is 11.4 Å². The van der Waals surface area contributed by atoms with Gasteiger partial charge in [0, 0.05) is 25.4 Å². The number of nitriles is 1. The van der Waals surface area contributed by atoms with Gasteiger partial charge in [0.1, 0.15) is 17.4 Å². The molecule has 1 N–H and O–H groups in total. The summed E-state index contributed by atoms with van der Waals surface area (Å²) in [7, 11) is 1.35. The number of likely N-dealkylation sites (tertiary alicyclic amines) is 1. The summed E-state index contributed by atoms with van der Waals surface area (Å²) in [5.74, 6) is -0.419. The number of nitro groups is 1. The van der Waals surface area contributed by atoms with Crippen molar-refractivity contribution < 1.29 is 14.5 Å². The largest absolute Gasteiger partial charge is 0.494 e. The monoisotopic (exact) mass is 316 g/mol. The fourth-order valence-electron chi connectivity index (χ4n) is 2.28. The normalized spacial score (nSPS) is 14.3. The summed E-state index contributed by atoms with van der Waals surface area (Å²) in [5.41, 5.74) is 0.103. The van der Waals surface area contributed by atoms with Gasteiger partial charge in [0.25, 0.3) is 11.6 Å². The van der Waals surface area contributed by atoms with E-state index in [0.29, 0.717) is 0 Å². The summed E-state index contributed by atoms with van der Waals surface area (Å²) < 4.78 is 5.05. The highest BCUT2D eigenvalue weighted by Crippen LogP contribution is 2.29. The average molecular weight is 316 g/mol. The molecule has 1 aromatic carbocycles. The number of amides is 1. The van der Waals surface area contributed by atoms with Gasteiger partial charge in [-0.15, -0.1) is 0 Å². The number of hydrogen-bond donors (Lipinski definition) is 1. The molecule has 1 heterocycles. The molecule has 2 rings (SSSR count). The Bertz CT molecular complexity index is 687. The molecule has 0 unspecified atom stereocenters. The van der Waals surface area contributed by atoms with Gasteiger partial charge in [0.2, 0.25) is 0 Å². The maximum atomic E-state index is 12.2. The van der Waals surface area contributed by atoms with Gasteiger partial charge in [0.05, 0.1) is 23.8 Å². The molecule has 8 nitrogen and oxygen atoms in total. The molecule has 0 atom stereocenters. The van der Waals surface area contributed by atoms with Crippen LogP contribution in [0.25, 0.3) is 0 Å². The number of benzene rings is 1. The van der Waals surface area contributed by atoms with E-state index in [1.54, 1.807) is 6.20 Å². The zero-order valence-corrected chi connectivity index (χ0v) is 12.6. The SMILES string of the molecule is COc1cc([N+](=O)[O-])ccc1NC(=O)/C(C#N)=C\N1CCCC1. The molecule has 0 radical (unpaired) electrons. The van der Waals surface area contributed by atoms with E-state index < -0.39 is 10.8 Å². The summed E-state index contributed by atoms with van der Waals surface area (Å²) in [4.78, 5) is 24.3. The summed E-state index contributed by atoms with van der Waals surface area (Å²) in [5, 5.41) is 22.5. The Morgan fingerprint density at radius 2 is 2.17 bits per heavy atom. The first-order valence-electron chi connectivity index (χ1n) is 7.05. The maximum absolute atomic E-state index is 12.2. The second-order valence-electron chi connectivity index (χ2n) is 4.99. The van der Waals surface area contributed by atoms with Gasteiger partial charge in [-0.05, 0) is 18.9 Å². The van der Waals surface area contributed by atoms with E-state index >= 15 is 0 Å². The quantitative estimate of drug-likeness (QED) is 0.385. The number of hydrogen-bond acceptors (Lipinski definition) is 6. The molecule has 1 fully saturated rings. The number of nitrogens with one attached hydrogen (secondary N) is 1. The molecule has 1 saturated heterocycles. The average Bonchev–Trinajstić information content (AvgIpc) is 3.05. The van der Waals surface area contributed by atoms with E-state index in [1.165, 1.54) is 25.3 Å². The predicted molar refractivity (Wildman–Crippen MR) is 82.8 cm³/mol. The van der Waals surface area contributed by atoms with Crippen molar-refractivity contribution in [2.75, 3.05) is 25.5 Å². The van der Waals surface area contributed by atoms with E-state index in [0.717, 1.165) is 25.9 Å². The molecular weight excluding hydrogens is 300 g/mol. The third kappa shape index (κ3) is 3.97. The van der Waals surface area contributed by atoms with Crippen LogP contribution in [0.1, 0.15) is 12.8 Å². The van der Waals surface area contributed by atoms with E-state index in [-0.39, 0.29) is 22.7 Å². The van der Waals surface area contributed by atoms with Crippen LogP contribution in [0.3, 0.4) is 0 Å². The lowest BCUT2D eigenvalue weighted by Gasteiger charge is -2.13. The summed E-state index contributed by atoms with van der Waals surface area (Å²) in [6.45, 7) is 1.64. The molecule has 8 heteroatoms. The summed E-state index contributed by atoms with van der Waals surface area (Å²) >= 11 is 0. The third-order valence-corrected chi connectivity index (χ3v) is 3.46. The van der Waals surface area contributed by atoms with Crippen molar-refractivity contribution >= 4 is 17.3 Å². The van der Waals surface area contributed by atoms with Crippen LogP contribution in [0.2, 0.25) is 0 Å². The molecule has 120 valence electrons. The fourth-order valence-corrected chi connectivity index (χ4v) is 2.28. The highest BCUT2D eigenvalue weighted by Gasteiger charge is 2.17. The number of ether oxygens (including phenoxy) is 1. The molecule has 0 saturated carbocycles. The molecule has 23 heavy (non-hydrogen) atoms. The lowest BCUT2D eigenvalue weighted by atomic mass is 10.2. The molecule has 0 aliphatic carbocycles. The van der Waals surface area contributed by atoms with Crippen LogP contribution in [0.5, 0.6) is 5.75 Å². The minimum atomic E-state index is -0.577. The Morgan fingerprint density at radius 3 is 2.74 bits per heavy atom. The second kappa shape index (κ2) is 7.26. The molecule has 1 amide bonds. The van der Waals surface area contributed by atoms with E-state index in [9.17, 15) is 14.9 Å². The summed E-state index contributed by atoms with van der Waals surface area (Å²) in [6, 6.07) is 5.72. The standard InChI is InChI=1S/C15H16N4O4/c1-23-14-8-12(19(21)22)4-5-13(14)17-15(20)11(9-16)10-18-6-2-3-7-18/h4-5,8,10H,2-3,6-7H2,1H3,(H,17,20)/b11-10-.